The van der Waals surface area contributed by atoms with Crippen LogP contribution in [0.25, 0.3) is 0 Å². The predicted octanol–water partition coefficient (Wildman–Crippen LogP) is 3.41. The second kappa shape index (κ2) is 5.05. The van der Waals surface area contributed by atoms with Gasteiger partial charge in [-0.05, 0) is 50.1 Å². The van der Waals surface area contributed by atoms with Crippen molar-refractivity contribution >= 4 is 15.7 Å². The topological polar surface area (TPSA) is 46.2 Å². The Morgan fingerprint density at radius 2 is 1.58 bits per heavy atom. The molecule has 0 aliphatic heterocycles. The maximum atomic E-state index is 12.3. The van der Waals surface area contributed by atoms with Gasteiger partial charge in [0.15, 0.2) is 0 Å². The Balaban J connectivity index is 2.38. The van der Waals surface area contributed by atoms with E-state index in [4.69, 9.17) is 0 Å². The van der Waals surface area contributed by atoms with Gasteiger partial charge in [0.05, 0.1) is 4.90 Å². The van der Waals surface area contributed by atoms with E-state index in [-0.39, 0.29) is 0 Å². The zero-order valence-electron chi connectivity index (χ0n) is 11.3. The summed E-state index contributed by atoms with van der Waals surface area (Å²) in [4.78, 5) is 0.319. The van der Waals surface area contributed by atoms with Crippen LogP contribution in [0.3, 0.4) is 0 Å². The number of hydrogen-bond donors (Lipinski definition) is 1. The average molecular weight is 275 g/mol. The van der Waals surface area contributed by atoms with Gasteiger partial charge in [0.1, 0.15) is 0 Å². The molecule has 3 nitrogen and oxygen atoms in total. The second-order valence-corrected chi connectivity index (χ2v) is 6.39. The van der Waals surface area contributed by atoms with Crippen LogP contribution in [0.2, 0.25) is 0 Å². The summed E-state index contributed by atoms with van der Waals surface area (Å²) in [6, 6.07) is 12.6. The zero-order chi connectivity index (χ0) is 14.0. The first-order valence-electron chi connectivity index (χ1n) is 6.05. The smallest absolute Gasteiger partial charge is 0.262 e. The molecule has 0 amide bonds. The highest BCUT2D eigenvalue weighted by Gasteiger charge is 2.16. The molecule has 4 heteroatoms. The molecule has 0 aromatic heterocycles. The summed E-state index contributed by atoms with van der Waals surface area (Å²) in [5, 5.41) is 0. The van der Waals surface area contributed by atoms with Crippen molar-refractivity contribution in [1.29, 1.82) is 0 Å². The highest BCUT2D eigenvalue weighted by Crippen LogP contribution is 2.20. The third-order valence-electron chi connectivity index (χ3n) is 2.89. The third-order valence-corrected chi connectivity index (χ3v) is 4.43. The Labute approximate surface area is 114 Å². The molecule has 0 saturated carbocycles. The first-order chi connectivity index (χ1) is 8.88. The van der Waals surface area contributed by atoms with Crippen molar-refractivity contribution in [1.82, 2.24) is 0 Å². The maximum Gasteiger partial charge on any atom is 0.262 e. The van der Waals surface area contributed by atoms with E-state index in [1.807, 2.05) is 32.0 Å². The zero-order valence-corrected chi connectivity index (χ0v) is 12.1. The van der Waals surface area contributed by atoms with Gasteiger partial charge in [-0.1, -0.05) is 29.8 Å². The number of nitrogens with one attached hydrogen (secondary N) is 1. The minimum absolute atomic E-state index is 0.319. The summed E-state index contributed by atoms with van der Waals surface area (Å²) in [6.45, 7) is 5.67. The van der Waals surface area contributed by atoms with Crippen molar-refractivity contribution in [2.45, 2.75) is 25.7 Å². The van der Waals surface area contributed by atoms with Crippen LogP contribution in [-0.4, -0.2) is 8.42 Å². The van der Waals surface area contributed by atoms with Gasteiger partial charge in [0.2, 0.25) is 0 Å². The number of anilines is 1. The normalized spacial score (nSPS) is 11.3. The fourth-order valence-corrected chi connectivity index (χ4v) is 3.30. The highest BCUT2D eigenvalue weighted by atomic mass is 32.2. The van der Waals surface area contributed by atoms with Crippen LogP contribution in [-0.2, 0) is 10.0 Å². The molecule has 0 bridgehead atoms. The van der Waals surface area contributed by atoms with E-state index >= 15 is 0 Å². The number of aryl methyl sites for hydroxylation is 3. The molecule has 100 valence electrons. The molecule has 0 atom stereocenters. The second-order valence-electron chi connectivity index (χ2n) is 4.74. The van der Waals surface area contributed by atoms with Gasteiger partial charge in [0.25, 0.3) is 10.0 Å². The number of sulfonamides is 1. The van der Waals surface area contributed by atoms with Crippen molar-refractivity contribution in [2.24, 2.45) is 0 Å². The SMILES string of the molecule is Cc1cccc(NS(=O)(=O)c2ccc(C)cc2C)c1. The molecule has 0 heterocycles. The Morgan fingerprint density at radius 3 is 2.21 bits per heavy atom. The first-order valence-corrected chi connectivity index (χ1v) is 7.53. The molecule has 0 spiro atoms. The van der Waals surface area contributed by atoms with Crippen LogP contribution < -0.4 is 4.72 Å². The van der Waals surface area contributed by atoms with Crippen LogP contribution in [0.1, 0.15) is 16.7 Å². The van der Waals surface area contributed by atoms with Crippen molar-refractivity contribution < 1.29 is 8.42 Å². The molecule has 0 fully saturated rings. The van der Waals surface area contributed by atoms with E-state index in [1.54, 1.807) is 31.2 Å². The Kier molecular flexibility index (Phi) is 3.62. The van der Waals surface area contributed by atoms with Gasteiger partial charge in [-0.2, -0.15) is 0 Å². The molecular weight excluding hydrogens is 258 g/mol. The van der Waals surface area contributed by atoms with Crippen molar-refractivity contribution in [3.63, 3.8) is 0 Å². The molecule has 0 aliphatic carbocycles. The molecule has 2 rings (SSSR count). The largest absolute Gasteiger partial charge is 0.280 e. The quantitative estimate of drug-likeness (QED) is 0.933. The molecule has 0 unspecified atom stereocenters. The fourth-order valence-electron chi connectivity index (χ4n) is 2.02. The molecule has 2 aromatic rings. The lowest BCUT2D eigenvalue weighted by molar-refractivity contribution is 0.600. The van der Waals surface area contributed by atoms with E-state index in [0.717, 1.165) is 16.7 Å². The Bertz CT molecular complexity index is 706. The maximum absolute atomic E-state index is 12.3. The van der Waals surface area contributed by atoms with Gasteiger partial charge >= 0.3 is 0 Å². The summed E-state index contributed by atoms with van der Waals surface area (Å²) < 4.78 is 27.3. The lowest BCUT2D eigenvalue weighted by atomic mass is 10.2. The summed E-state index contributed by atoms with van der Waals surface area (Å²) in [5.41, 5.74) is 3.40. The van der Waals surface area contributed by atoms with E-state index in [0.29, 0.717) is 10.6 Å². The van der Waals surface area contributed by atoms with Crippen molar-refractivity contribution in [3.05, 3.63) is 59.2 Å². The lowest BCUT2D eigenvalue weighted by Gasteiger charge is -2.11. The molecule has 2 aromatic carbocycles. The molecule has 1 N–H and O–H groups in total. The van der Waals surface area contributed by atoms with Gasteiger partial charge in [0, 0.05) is 5.69 Å². The van der Waals surface area contributed by atoms with E-state index < -0.39 is 10.0 Å². The Morgan fingerprint density at radius 1 is 0.895 bits per heavy atom. The van der Waals surface area contributed by atoms with E-state index in [2.05, 4.69) is 4.72 Å². The summed E-state index contributed by atoms with van der Waals surface area (Å²) >= 11 is 0. The lowest BCUT2D eigenvalue weighted by Crippen LogP contribution is -2.14. The van der Waals surface area contributed by atoms with Gasteiger partial charge in [-0.25, -0.2) is 8.42 Å². The van der Waals surface area contributed by atoms with Gasteiger partial charge < -0.3 is 0 Å². The predicted molar refractivity (Wildman–Crippen MR) is 77.9 cm³/mol. The van der Waals surface area contributed by atoms with Crippen LogP contribution in [0.4, 0.5) is 5.69 Å². The van der Waals surface area contributed by atoms with Crippen LogP contribution >= 0.6 is 0 Å². The van der Waals surface area contributed by atoms with E-state index in [1.165, 1.54) is 0 Å². The van der Waals surface area contributed by atoms with Crippen LogP contribution in [0.15, 0.2) is 47.4 Å². The minimum Gasteiger partial charge on any atom is -0.280 e. The fraction of sp³-hybridized carbons (Fsp3) is 0.200. The minimum atomic E-state index is -3.53. The number of rotatable bonds is 3. The number of hydrogen-bond acceptors (Lipinski definition) is 2. The monoisotopic (exact) mass is 275 g/mol. The standard InChI is InChI=1S/C15H17NO2S/c1-11-5-4-6-14(10-11)16-19(17,18)15-8-7-12(2)9-13(15)3/h4-10,16H,1-3H3. The van der Waals surface area contributed by atoms with Gasteiger partial charge in [-0.3, -0.25) is 4.72 Å². The van der Waals surface area contributed by atoms with Crippen molar-refractivity contribution in [2.75, 3.05) is 4.72 Å². The highest BCUT2D eigenvalue weighted by molar-refractivity contribution is 7.92. The summed E-state index contributed by atoms with van der Waals surface area (Å²) in [6.07, 6.45) is 0. The number of benzene rings is 2. The van der Waals surface area contributed by atoms with E-state index in [9.17, 15) is 8.42 Å². The molecule has 0 radical (unpaired) electrons. The van der Waals surface area contributed by atoms with Gasteiger partial charge in [-0.15, -0.1) is 0 Å². The average Bonchev–Trinajstić information content (AvgIpc) is 2.27. The third kappa shape index (κ3) is 3.15. The first kappa shape index (κ1) is 13.6. The van der Waals surface area contributed by atoms with Crippen LogP contribution in [0, 0.1) is 20.8 Å². The summed E-state index contributed by atoms with van der Waals surface area (Å²) in [5.74, 6) is 0. The summed E-state index contributed by atoms with van der Waals surface area (Å²) in [7, 11) is -3.53. The molecule has 0 saturated heterocycles. The molecule has 0 aliphatic rings. The van der Waals surface area contributed by atoms with Crippen molar-refractivity contribution in [3.8, 4) is 0 Å². The molecule has 19 heavy (non-hydrogen) atoms. The molecular formula is C15H17NO2S. The van der Waals surface area contributed by atoms with Crippen LogP contribution in [0.5, 0.6) is 0 Å². The Hall–Kier alpha value is -1.81.